The van der Waals surface area contributed by atoms with E-state index in [4.69, 9.17) is 0 Å². The maximum atomic E-state index is 9.69. The lowest BCUT2D eigenvalue weighted by atomic mass is 9.75. The van der Waals surface area contributed by atoms with Crippen LogP contribution in [-0.4, -0.2) is 26.7 Å². The second kappa shape index (κ2) is 2.96. The molecule has 1 rings (SSSR count). The summed E-state index contributed by atoms with van der Waals surface area (Å²) in [6, 6.07) is 0. The molecule has 0 saturated carbocycles. The molecule has 0 aliphatic carbocycles. The first kappa shape index (κ1) is 10.5. The van der Waals surface area contributed by atoms with Crippen LogP contribution in [0.1, 0.15) is 34.1 Å². The summed E-state index contributed by atoms with van der Waals surface area (Å²) in [6.45, 7) is 9.29. The van der Waals surface area contributed by atoms with Crippen LogP contribution in [0, 0.1) is 5.92 Å². The van der Waals surface area contributed by atoms with E-state index >= 15 is 0 Å². The van der Waals surface area contributed by atoms with Gasteiger partial charge in [0.05, 0.1) is 5.54 Å². The van der Waals surface area contributed by atoms with Crippen molar-refractivity contribution in [1.29, 1.82) is 0 Å². The van der Waals surface area contributed by atoms with Gasteiger partial charge in [-0.15, -0.1) is 0 Å². The molecule has 72 valence electrons. The standard InChI is InChI=1S/C9H18BrNO/c1-7-5-6-11(12)8(2,3)9(7,4)10/h7,12H,5-6H2,1-4H3. The number of rotatable bonds is 0. The molecular formula is C9H18BrNO. The van der Waals surface area contributed by atoms with Crippen LogP contribution in [0.15, 0.2) is 0 Å². The lowest BCUT2D eigenvalue weighted by molar-refractivity contribution is -0.195. The van der Waals surface area contributed by atoms with Gasteiger partial charge < -0.3 is 5.21 Å². The molecule has 1 aliphatic heterocycles. The van der Waals surface area contributed by atoms with Gasteiger partial charge in [-0.05, 0) is 33.1 Å². The van der Waals surface area contributed by atoms with Crippen LogP contribution < -0.4 is 0 Å². The van der Waals surface area contributed by atoms with Crippen molar-refractivity contribution in [3.63, 3.8) is 0 Å². The van der Waals surface area contributed by atoms with Gasteiger partial charge in [-0.2, -0.15) is 5.06 Å². The zero-order valence-corrected chi connectivity index (χ0v) is 9.85. The van der Waals surface area contributed by atoms with Crippen molar-refractivity contribution in [1.82, 2.24) is 5.06 Å². The molecule has 1 heterocycles. The molecule has 1 aliphatic rings. The zero-order valence-electron chi connectivity index (χ0n) is 8.26. The highest BCUT2D eigenvalue weighted by Crippen LogP contribution is 2.45. The molecule has 2 nitrogen and oxygen atoms in total. The SMILES string of the molecule is CC1CCN(O)C(C)(C)C1(C)Br. The summed E-state index contributed by atoms with van der Waals surface area (Å²) in [5.41, 5.74) is -0.190. The minimum absolute atomic E-state index is 0.00694. The van der Waals surface area contributed by atoms with E-state index in [1.807, 2.05) is 0 Å². The van der Waals surface area contributed by atoms with Gasteiger partial charge in [0.2, 0.25) is 0 Å². The Hall–Kier alpha value is 0.400. The number of hydroxylamine groups is 2. The Labute approximate surface area is 83.0 Å². The number of halogens is 1. The van der Waals surface area contributed by atoms with Gasteiger partial charge in [0.1, 0.15) is 0 Å². The van der Waals surface area contributed by atoms with E-state index in [0.29, 0.717) is 5.92 Å². The van der Waals surface area contributed by atoms with Crippen LogP contribution in [0.2, 0.25) is 0 Å². The van der Waals surface area contributed by atoms with Crippen LogP contribution >= 0.6 is 15.9 Å². The number of hydrogen-bond donors (Lipinski definition) is 1. The van der Waals surface area contributed by atoms with E-state index in [1.54, 1.807) is 0 Å². The summed E-state index contributed by atoms with van der Waals surface area (Å²) in [6.07, 6.45) is 1.04. The van der Waals surface area contributed by atoms with Gasteiger partial charge in [0, 0.05) is 10.9 Å². The van der Waals surface area contributed by atoms with Crippen LogP contribution in [0.5, 0.6) is 0 Å². The van der Waals surface area contributed by atoms with Crippen molar-refractivity contribution in [2.45, 2.75) is 44.0 Å². The average molecular weight is 236 g/mol. The average Bonchev–Trinajstić information content (AvgIpc) is 1.96. The normalized spacial score (nSPS) is 43.0. The van der Waals surface area contributed by atoms with E-state index in [9.17, 15) is 5.21 Å². The highest BCUT2D eigenvalue weighted by Gasteiger charge is 2.49. The molecule has 0 radical (unpaired) electrons. The van der Waals surface area contributed by atoms with Gasteiger partial charge >= 0.3 is 0 Å². The van der Waals surface area contributed by atoms with Crippen molar-refractivity contribution in [3.05, 3.63) is 0 Å². The quantitative estimate of drug-likeness (QED) is 0.653. The second-order valence-electron chi connectivity index (χ2n) is 4.45. The first-order chi connectivity index (χ1) is 5.30. The van der Waals surface area contributed by atoms with Crippen LogP contribution in [0.4, 0.5) is 0 Å². The Morgan fingerprint density at radius 2 is 1.92 bits per heavy atom. The molecule has 3 heteroatoms. The third kappa shape index (κ3) is 1.32. The largest absolute Gasteiger partial charge is 0.313 e. The highest BCUT2D eigenvalue weighted by molar-refractivity contribution is 9.10. The lowest BCUT2D eigenvalue weighted by Gasteiger charge is -2.52. The van der Waals surface area contributed by atoms with Gasteiger partial charge in [-0.1, -0.05) is 22.9 Å². The first-order valence-corrected chi connectivity index (χ1v) is 5.25. The van der Waals surface area contributed by atoms with Crippen molar-refractivity contribution in [2.75, 3.05) is 6.54 Å². The van der Waals surface area contributed by atoms with Crippen LogP contribution in [-0.2, 0) is 0 Å². The Balaban J connectivity index is 2.92. The Kier molecular flexibility index (Phi) is 2.59. The lowest BCUT2D eigenvalue weighted by Crippen LogP contribution is -2.61. The maximum absolute atomic E-state index is 9.69. The summed E-state index contributed by atoms with van der Waals surface area (Å²) in [7, 11) is 0. The molecule has 1 N–H and O–H groups in total. The highest BCUT2D eigenvalue weighted by atomic mass is 79.9. The number of hydrogen-bond acceptors (Lipinski definition) is 2. The van der Waals surface area contributed by atoms with E-state index in [1.165, 1.54) is 5.06 Å². The minimum Gasteiger partial charge on any atom is -0.313 e. The predicted octanol–water partition coefficient (Wildman–Crippen LogP) is 2.65. The molecule has 0 amide bonds. The monoisotopic (exact) mass is 235 g/mol. The summed E-state index contributed by atoms with van der Waals surface area (Å²) in [5, 5.41) is 11.1. The molecule has 12 heavy (non-hydrogen) atoms. The fraction of sp³-hybridized carbons (Fsp3) is 1.00. The van der Waals surface area contributed by atoms with E-state index in [-0.39, 0.29) is 9.86 Å². The van der Waals surface area contributed by atoms with Crippen molar-refractivity contribution in [2.24, 2.45) is 5.92 Å². The third-order valence-corrected chi connectivity index (χ3v) is 5.29. The molecule has 2 unspecified atom stereocenters. The minimum atomic E-state index is -0.190. The van der Waals surface area contributed by atoms with E-state index in [2.05, 4.69) is 43.6 Å². The topological polar surface area (TPSA) is 23.5 Å². The molecule has 0 aromatic heterocycles. The zero-order chi connectivity index (χ0) is 9.57. The predicted molar refractivity (Wildman–Crippen MR) is 53.7 cm³/mol. The first-order valence-electron chi connectivity index (χ1n) is 4.45. The van der Waals surface area contributed by atoms with Crippen molar-refractivity contribution < 1.29 is 5.21 Å². The van der Waals surface area contributed by atoms with Gasteiger partial charge in [-0.25, -0.2) is 0 Å². The summed E-state index contributed by atoms with van der Waals surface area (Å²) < 4.78 is -0.00694. The smallest absolute Gasteiger partial charge is 0.0556 e. The summed E-state index contributed by atoms with van der Waals surface area (Å²) in [5.74, 6) is 0.593. The fourth-order valence-electron chi connectivity index (χ4n) is 1.72. The number of nitrogens with zero attached hydrogens (tertiary/aromatic N) is 1. The van der Waals surface area contributed by atoms with Crippen LogP contribution in [0.3, 0.4) is 0 Å². The van der Waals surface area contributed by atoms with Crippen molar-refractivity contribution in [3.8, 4) is 0 Å². The van der Waals surface area contributed by atoms with E-state index < -0.39 is 0 Å². The number of alkyl halides is 1. The van der Waals surface area contributed by atoms with Crippen LogP contribution in [0.25, 0.3) is 0 Å². The molecule has 0 spiro atoms. The third-order valence-electron chi connectivity index (χ3n) is 3.54. The Bertz CT molecular complexity index is 159. The molecule has 0 aromatic rings. The summed E-state index contributed by atoms with van der Waals surface area (Å²) in [4.78, 5) is 0. The van der Waals surface area contributed by atoms with Gasteiger partial charge in [-0.3, -0.25) is 0 Å². The number of piperidine rings is 1. The molecule has 2 atom stereocenters. The molecule has 0 bridgehead atoms. The van der Waals surface area contributed by atoms with Gasteiger partial charge in [0.15, 0.2) is 0 Å². The molecular weight excluding hydrogens is 218 g/mol. The molecule has 1 fully saturated rings. The maximum Gasteiger partial charge on any atom is 0.0556 e. The fourth-order valence-corrected chi connectivity index (χ4v) is 2.16. The second-order valence-corrected chi connectivity index (χ2v) is 6.09. The molecule has 0 aromatic carbocycles. The van der Waals surface area contributed by atoms with Crippen molar-refractivity contribution >= 4 is 15.9 Å². The van der Waals surface area contributed by atoms with Gasteiger partial charge in [0.25, 0.3) is 0 Å². The molecule has 1 saturated heterocycles. The summed E-state index contributed by atoms with van der Waals surface area (Å²) >= 11 is 3.72. The Morgan fingerprint density at radius 1 is 1.42 bits per heavy atom. The van der Waals surface area contributed by atoms with E-state index in [0.717, 1.165) is 13.0 Å². The Morgan fingerprint density at radius 3 is 2.33 bits per heavy atom.